The standard InChI is InChI=1S/C31H37N3O3/c1-24-11-6-7-14-26(24)17-19-33-31(36)27-15-10-16-29-28(27)22-34(21-25-12-4-2-5-13-25)23-30(35)32-18-8-3-9-20-37-29/h2,4-7,10-16H,3,8-9,17-23H2,1H3,(H,32,35)(H,33,36). The number of aryl methyl sites for hydroxylation is 1. The molecule has 0 aromatic heterocycles. The maximum absolute atomic E-state index is 13.4. The van der Waals surface area contributed by atoms with E-state index in [1.807, 2.05) is 48.5 Å². The fraction of sp³-hybridized carbons (Fsp3) is 0.355. The van der Waals surface area contributed by atoms with Gasteiger partial charge < -0.3 is 15.4 Å². The van der Waals surface area contributed by atoms with Crippen LogP contribution in [0.15, 0.2) is 72.8 Å². The fourth-order valence-electron chi connectivity index (χ4n) is 4.68. The van der Waals surface area contributed by atoms with E-state index >= 15 is 0 Å². The summed E-state index contributed by atoms with van der Waals surface area (Å²) < 4.78 is 6.19. The molecule has 0 spiro atoms. The van der Waals surface area contributed by atoms with Crippen LogP contribution in [0.3, 0.4) is 0 Å². The zero-order chi connectivity index (χ0) is 25.9. The number of carbonyl (C=O) groups excluding carboxylic acids is 2. The van der Waals surface area contributed by atoms with Gasteiger partial charge in [0, 0.05) is 37.3 Å². The van der Waals surface area contributed by atoms with E-state index in [2.05, 4.69) is 46.7 Å². The molecule has 0 fully saturated rings. The Balaban J connectivity index is 1.57. The maximum atomic E-state index is 13.4. The van der Waals surface area contributed by atoms with Crippen molar-refractivity contribution in [2.75, 3.05) is 26.2 Å². The van der Waals surface area contributed by atoms with Crippen molar-refractivity contribution in [3.8, 4) is 5.75 Å². The number of fused-ring (bicyclic) bond motifs is 1. The molecule has 0 saturated heterocycles. The summed E-state index contributed by atoms with van der Waals surface area (Å²) in [7, 11) is 0. The fourth-order valence-corrected chi connectivity index (χ4v) is 4.68. The third kappa shape index (κ3) is 7.92. The quantitative estimate of drug-likeness (QED) is 0.518. The molecule has 0 aliphatic carbocycles. The summed E-state index contributed by atoms with van der Waals surface area (Å²) in [5.41, 5.74) is 4.97. The maximum Gasteiger partial charge on any atom is 0.251 e. The number of nitrogens with one attached hydrogen (secondary N) is 2. The summed E-state index contributed by atoms with van der Waals surface area (Å²) in [6.07, 6.45) is 3.56. The van der Waals surface area contributed by atoms with Gasteiger partial charge in [-0.15, -0.1) is 0 Å². The molecule has 1 heterocycles. The molecule has 1 aliphatic rings. The lowest BCUT2D eigenvalue weighted by molar-refractivity contribution is -0.122. The summed E-state index contributed by atoms with van der Waals surface area (Å²) in [6, 6.07) is 24.0. The first-order valence-corrected chi connectivity index (χ1v) is 13.2. The minimum atomic E-state index is -0.123. The Labute approximate surface area is 220 Å². The van der Waals surface area contributed by atoms with Crippen LogP contribution in [-0.4, -0.2) is 43.0 Å². The molecule has 2 amide bonds. The number of nitrogens with zero attached hydrogens (tertiary/aromatic N) is 1. The Hall–Kier alpha value is -3.64. The highest BCUT2D eigenvalue weighted by Gasteiger charge is 2.21. The molecular weight excluding hydrogens is 462 g/mol. The third-order valence-electron chi connectivity index (χ3n) is 6.72. The average Bonchev–Trinajstić information content (AvgIpc) is 2.91. The van der Waals surface area contributed by atoms with Gasteiger partial charge in [-0.3, -0.25) is 14.5 Å². The SMILES string of the molecule is Cc1ccccc1CCNC(=O)c1cccc2c1CN(Cc1ccccc1)CC(=O)NCCCCCO2. The second kappa shape index (κ2) is 13.6. The monoisotopic (exact) mass is 499 g/mol. The van der Waals surface area contributed by atoms with Gasteiger partial charge in [0.1, 0.15) is 5.75 Å². The summed E-state index contributed by atoms with van der Waals surface area (Å²) in [6.45, 7) is 5.15. The Morgan fingerprint density at radius 3 is 2.59 bits per heavy atom. The molecule has 2 N–H and O–H groups in total. The average molecular weight is 500 g/mol. The first kappa shape index (κ1) is 26.4. The van der Waals surface area contributed by atoms with Gasteiger partial charge in [0.05, 0.1) is 13.2 Å². The van der Waals surface area contributed by atoms with Crippen LogP contribution in [0.5, 0.6) is 5.75 Å². The smallest absolute Gasteiger partial charge is 0.251 e. The lowest BCUT2D eigenvalue weighted by Gasteiger charge is -2.25. The molecule has 0 atom stereocenters. The van der Waals surface area contributed by atoms with Gasteiger partial charge in [-0.2, -0.15) is 0 Å². The summed E-state index contributed by atoms with van der Waals surface area (Å²) in [4.78, 5) is 28.2. The number of rotatable bonds is 6. The van der Waals surface area contributed by atoms with Crippen LogP contribution in [0.4, 0.5) is 0 Å². The summed E-state index contributed by atoms with van der Waals surface area (Å²) in [5.74, 6) is 0.588. The van der Waals surface area contributed by atoms with Gasteiger partial charge in [-0.05, 0) is 61.4 Å². The number of benzene rings is 3. The summed E-state index contributed by atoms with van der Waals surface area (Å²) >= 11 is 0. The molecular formula is C31H37N3O3. The van der Waals surface area contributed by atoms with Crippen molar-refractivity contribution in [2.45, 2.75) is 45.7 Å². The van der Waals surface area contributed by atoms with Crippen LogP contribution >= 0.6 is 0 Å². The molecule has 3 aromatic rings. The van der Waals surface area contributed by atoms with E-state index in [4.69, 9.17) is 4.74 Å². The first-order chi connectivity index (χ1) is 18.1. The topological polar surface area (TPSA) is 70.7 Å². The molecule has 194 valence electrons. The van der Waals surface area contributed by atoms with Crippen molar-refractivity contribution in [1.29, 1.82) is 0 Å². The number of hydrogen-bond donors (Lipinski definition) is 2. The number of amides is 2. The van der Waals surface area contributed by atoms with Crippen LogP contribution in [0.2, 0.25) is 0 Å². The molecule has 1 aliphatic heterocycles. The van der Waals surface area contributed by atoms with Crippen molar-refractivity contribution in [1.82, 2.24) is 15.5 Å². The molecule has 0 saturated carbocycles. The third-order valence-corrected chi connectivity index (χ3v) is 6.72. The molecule has 4 rings (SSSR count). The van der Waals surface area contributed by atoms with Gasteiger partial charge in [0.15, 0.2) is 0 Å². The highest BCUT2D eigenvalue weighted by atomic mass is 16.5. The second-order valence-corrected chi connectivity index (χ2v) is 9.60. The molecule has 0 radical (unpaired) electrons. The van der Waals surface area contributed by atoms with Crippen molar-refractivity contribution in [3.63, 3.8) is 0 Å². The minimum absolute atomic E-state index is 0.00203. The Morgan fingerprint density at radius 2 is 1.76 bits per heavy atom. The zero-order valence-electron chi connectivity index (χ0n) is 21.7. The first-order valence-electron chi connectivity index (χ1n) is 13.2. The van der Waals surface area contributed by atoms with E-state index in [1.165, 1.54) is 11.1 Å². The van der Waals surface area contributed by atoms with Crippen LogP contribution < -0.4 is 15.4 Å². The molecule has 6 heteroatoms. The largest absolute Gasteiger partial charge is 0.493 e. The Kier molecular flexibility index (Phi) is 9.72. The van der Waals surface area contributed by atoms with E-state index in [0.717, 1.165) is 36.8 Å². The van der Waals surface area contributed by atoms with Crippen LogP contribution in [0.25, 0.3) is 0 Å². The minimum Gasteiger partial charge on any atom is -0.493 e. The predicted molar refractivity (Wildman–Crippen MR) is 147 cm³/mol. The normalized spacial score (nSPS) is 15.2. The summed E-state index contributed by atoms with van der Waals surface area (Å²) in [5, 5.41) is 6.15. The van der Waals surface area contributed by atoms with E-state index in [0.29, 0.717) is 44.1 Å². The Bertz CT molecular complexity index is 1180. The van der Waals surface area contributed by atoms with Crippen molar-refractivity contribution in [3.05, 3.63) is 101 Å². The van der Waals surface area contributed by atoms with Crippen LogP contribution in [-0.2, 0) is 24.3 Å². The highest BCUT2D eigenvalue weighted by molar-refractivity contribution is 5.96. The van der Waals surface area contributed by atoms with Crippen LogP contribution in [0, 0.1) is 6.92 Å². The van der Waals surface area contributed by atoms with Crippen LogP contribution in [0.1, 0.15) is 51.9 Å². The van der Waals surface area contributed by atoms with E-state index in [9.17, 15) is 9.59 Å². The van der Waals surface area contributed by atoms with E-state index < -0.39 is 0 Å². The zero-order valence-corrected chi connectivity index (χ0v) is 21.7. The van der Waals surface area contributed by atoms with Gasteiger partial charge in [0.2, 0.25) is 5.91 Å². The highest BCUT2D eigenvalue weighted by Crippen LogP contribution is 2.26. The number of ether oxygens (including phenoxy) is 1. The van der Waals surface area contributed by atoms with E-state index in [1.54, 1.807) is 0 Å². The second-order valence-electron chi connectivity index (χ2n) is 9.60. The van der Waals surface area contributed by atoms with Gasteiger partial charge >= 0.3 is 0 Å². The lowest BCUT2D eigenvalue weighted by Crippen LogP contribution is -2.37. The van der Waals surface area contributed by atoms with E-state index in [-0.39, 0.29) is 18.4 Å². The number of carbonyl (C=O) groups is 2. The molecule has 0 unspecified atom stereocenters. The van der Waals surface area contributed by atoms with Gasteiger partial charge in [0.25, 0.3) is 5.91 Å². The van der Waals surface area contributed by atoms with Crippen molar-refractivity contribution < 1.29 is 14.3 Å². The molecule has 0 bridgehead atoms. The van der Waals surface area contributed by atoms with Crippen molar-refractivity contribution >= 4 is 11.8 Å². The van der Waals surface area contributed by atoms with Gasteiger partial charge in [-0.1, -0.05) is 60.7 Å². The molecule has 3 aromatic carbocycles. The lowest BCUT2D eigenvalue weighted by atomic mass is 10.0. The predicted octanol–water partition coefficient (Wildman–Crippen LogP) is 4.65. The Morgan fingerprint density at radius 1 is 0.946 bits per heavy atom. The van der Waals surface area contributed by atoms with Crippen molar-refractivity contribution in [2.24, 2.45) is 0 Å². The van der Waals surface area contributed by atoms with Gasteiger partial charge in [-0.25, -0.2) is 0 Å². The molecule has 6 nitrogen and oxygen atoms in total. The molecule has 37 heavy (non-hydrogen) atoms. The number of hydrogen-bond acceptors (Lipinski definition) is 4.